The van der Waals surface area contributed by atoms with Crippen molar-refractivity contribution in [1.29, 1.82) is 0 Å². The predicted octanol–water partition coefficient (Wildman–Crippen LogP) is 3.45. The van der Waals surface area contributed by atoms with Crippen LogP contribution in [0.1, 0.15) is 60.9 Å². The minimum atomic E-state index is -0.253. The van der Waals surface area contributed by atoms with E-state index in [9.17, 15) is 9.59 Å². The molecule has 0 atom stereocenters. The summed E-state index contributed by atoms with van der Waals surface area (Å²) in [4.78, 5) is 35.2. The Balaban J connectivity index is 1.72. The van der Waals surface area contributed by atoms with Crippen molar-refractivity contribution in [2.45, 2.75) is 51.9 Å². The fourth-order valence-electron chi connectivity index (χ4n) is 3.79. The average molecular weight is 435 g/mol. The number of aromatic nitrogens is 4. The molecule has 8 heteroatoms. The SMILES string of the molecule is CN(C)c1ccc(C(=O)Nc2cc(C(C)(C)C)nn2-c2nc3c(c(=O)[nH]2)CCCC3)cc1. The fraction of sp³-hybridized carbons (Fsp3) is 0.417. The number of carbonyl (C=O) groups excluding carboxylic acids is 1. The van der Waals surface area contributed by atoms with E-state index in [0.29, 0.717) is 17.3 Å². The molecule has 4 rings (SSSR count). The molecule has 168 valence electrons. The fourth-order valence-corrected chi connectivity index (χ4v) is 3.79. The highest BCUT2D eigenvalue weighted by atomic mass is 16.2. The summed E-state index contributed by atoms with van der Waals surface area (Å²) in [5.41, 5.74) is 3.54. The van der Waals surface area contributed by atoms with Gasteiger partial charge in [0.2, 0.25) is 5.95 Å². The number of benzene rings is 1. The highest BCUT2D eigenvalue weighted by Crippen LogP contribution is 2.26. The second kappa shape index (κ2) is 8.26. The first-order valence-corrected chi connectivity index (χ1v) is 11.0. The lowest BCUT2D eigenvalue weighted by Gasteiger charge is -2.16. The number of hydrogen-bond acceptors (Lipinski definition) is 5. The van der Waals surface area contributed by atoms with E-state index in [1.165, 1.54) is 4.68 Å². The molecule has 2 N–H and O–H groups in total. The van der Waals surface area contributed by atoms with Crippen molar-refractivity contribution in [3.8, 4) is 5.95 Å². The van der Waals surface area contributed by atoms with Crippen LogP contribution in [0.25, 0.3) is 5.95 Å². The quantitative estimate of drug-likeness (QED) is 0.656. The predicted molar refractivity (Wildman–Crippen MR) is 126 cm³/mol. The average Bonchev–Trinajstić information content (AvgIpc) is 3.18. The summed E-state index contributed by atoms with van der Waals surface area (Å²) < 4.78 is 1.53. The van der Waals surface area contributed by atoms with Gasteiger partial charge in [-0.2, -0.15) is 9.78 Å². The first-order valence-electron chi connectivity index (χ1n) is 11.0. The van der Waals surface area contributed by atoms with Gasteiger partial charge < -0.3 is 10.2 Å². The monoisotopic (exact) mass is 434 g/mol. The number of amides is 1. The molecule has 1 aromatic carbocycles. The molecular weight excluding hydrogens is 404 g/mol. The van der Waals surface area contributed by atoms with E-state index in [0.717, 1.165) is 48.3 Å². The molecule has 0 aliphatic heterocycles. The Morgan fingerprint density at radius 2 is 1.81 bits per heavy atom. The van der Waals surface area contributed by atoms with E-state index in [2.05, 4.69) is 15.4 Å². The maximum absolute atomic E-state index is 13.0. The summed E-state index contributed by atoms with van der Waals surface area (Å²) in [6.45, 7) is 6.15. The highest BCUT2D eigenvalue weighted by molar-refractivity contribution is 6.04. The number of rotatable bonds is 4. The summed E-state index contributed by atoms with van der Waals surface area (Å²) in [5.74, 6) is 0.539. The molecule has 32 heavy (non-hydrogen) atoms. The molecule has 0 saturated carbocycles. The Labute approximate surface area is 187 Å². The maximum Gasteiger partial charge on any atom is 0.256 e. The van der Waals surface area contributed by atoms with E-state index >= 15 is 0 Å². The lowest BCUT2D eigenvalue weighted by molar-refractivity contribution is 0.102. The Kier molecular flexibility index (Phi) is 5.62. The van der Waals surface area contributed by atoms with Crippen LogP contribution in [0, 0.1) is 0 Å². The smallest absolute Gasteiger partial charge is 0.256 e. The van der Waals surface area contributed by atoms with Gasteiger partial charge in [0, 0.05) is 42.4 Å². The van der Waals surface area contributed by atoms with Crippen molar-refractivity contribution in [3.05, 3.63) is 63.2 Å². The summed E-state index contributed by atoms with van der Waals surface area (Å²) in [7, 11) is 3.90. The number of aromatic amines is 1. The van der Waals surface area contributed by atoms with E-state index in [4.69, 9.17) is 4.98 Å². The summed E-state index contributed by atoms with van der Waals surface area (Å²) >= 11 is 0. The number of nitrogens with zero attached hydrogens (tertiary/aromatic N) is 4. The lowest BCUT2D eigenvalue weighted by atomic mass is 9.92. The summed E-state index contributed by atoms with van der Waals surface area (Å²) in [6.07, 6.45) is 3.54. The van der Waals surface area contributed by atoms with E-state index in [1.807, 2.05) is 58.0 Å². The van der Waals surface area contributed by atoms with Gasteiger partial charge in [-0.3, -0.25) is 14.6 Å². The lowest BCUT2D eigenvalue weighted by Crippen LogP contribution is -2.25. The number of hydrogen-bond donors (Lipinski definition) is 2. The Bertz CT molecular complexity index is 1200. The topological polar surface area (TPSA) is 95.9 Å². The van der Waals surface area contributed by atoms with Crippen molar-refractivity contribution in [2.75, 3.05) is 24.3 Å². The van der Waals surface area contributed by atoms with Gasteiger partial charge in [0.1, 0.15) is 5.82 Å². The van der Waals surface area contributed by atoms with E-state index in [-0.39, 0.29) is 16.9 Å². The molecular formula is C24H30N6O2. The number of aryl methyl sites for hydroxylation is 1. The Morgan fingerprint density at radius 3 is 2.47 bits per heavy atom. The molecule has 0 bridgehead atoms. The van der Waals surface area contributed by atoms with Crippen LogP contribution in [0.3, 0.4) is 0 Å². The normalized spacial score (nSPS) is 13.5. The van der Waals surface area contributed by atoms with Crippen molar-refractivity contribution < 1.29 is 4.79 Å². The van der Waals surface area contributed by atoms with Gasteiger partial charge in [-0.15, -0.1) is 0 Å². The summed E-state index contributed by atoms with van der Waals surface area (Å²) in [5, 5.41) is 7.64. The molecule has 3 aromatic rings. The maximum atomic E-state index is 13.0. The van der Waals surface area contributed by atoms with Gasteiger partial charge in [0.25, 0.3) is 11.5 Å². The zero-order valence-corrected chi connectivity index (χ0v) is 19.3. The number of H-pyrrole nitrogens is 1. The molecule has 0 unspecified atom stereocenters. The zero-order valence-electron chi connectivity index (χ0n) is 19.3. The second-order valence-corrected chi connectivity index (χ2v) is 9.49. The number of carbonyl (C=O) groups is 1. The van der Waals surface area contributed by atoms with Crippen LogP contribution >= 0.6 is 0 Å². The molecule has 1 aliphatic rings. The molecule has 0 radical (unpaired) electrons. The van der Waals surface area contributed by atoms with Crippen molar-refractivity contribution in [1.82, 2.24) is 19.7 Å². The number of nitrogens with one attached hydrogen (secondary N) is 2. The molecule has 2 aromatic heterocycles. The minimum Gasteiger partial charge on any atom is -0.378 e. The molecule has 1 aliphatic carbocycles. The zero-order chi connectivity index (χ0) is 23.0. The van der Waals surface area contributed by atoms with Gasteiger partial charge in [0.05, 0.1) is 11.4 Å². The first-order chi connectivity index (χ1) is 15.1. The standard InChI is InChI=1S/C24H30N6O2/c1-24(2,3)19-14-20(26-21(31)15-10-12-16(13-11-15)29(4)5)30(28-19)23-25-18-9-7-6-8-17(18)22(32)27-23/h10-14H,6-9H2,1-5H3,(H,26,31)(H,25,27,32). The highest BCUT2D eigenvalue weighted by Gasteiger charge is 2.24. The third-order valence-electron chi connectivity index (χ3n) is 5.74. The third-order valence-corrected chi connectivity index (χ3v) is 5.74. The second-order valence-electron chi connectivity index (χ2n) is 9.49. The van der Waals surface area contributed by atoms with Crippen molar-refractivity contribution >= 4 is 17.4 Å². The van der Waals surface area contributed by atoms with Crippen molar-refractivity contribution in [2.24, 2.45) is 0 Å². The van der Waals surface area contributed by atoms with Crippen LogP contribution in [0.2, 0.25) is 0 Å². The van der Waals surface area contributed by atoms with Crippen LogP contribution in [0.5, 0.6) is 0 Å². The van der Waals surface area contributed by atoms with Crippen LogP contribution in [-0.4, -0.2) is 39.8 Å². The first kappa shape index (κ1) is 21.8. The molecule has 8 nitrogen and oxygen atoms in total. The third kappa shape index (κ3) is 4.30. The van der Waals surface area contributed by atoms with Crippen molar-refractivity contribution in [3.63, 3.8) is 0 Å². The van der Waals surface area contributed by atoms with Crippen LogP contribution in [0.15, 0.2) is 35.1 Å². The van der Waals surface area contributed by atoms with Gasteiger partial charge in [-0.25, -0.2) is 4.98 Å². The van der Waals surface area contributed by atoms with Crippen LogP contribution < -0.4 is 15.8 Å². The van der Waals surface area contributed by atoms with E-state index in [1.54, 1.807) is 12.1 Å². The van der Waals surface area contributed by atoms with Gasteiger partial charge in [-0.05, 0) is 49.9 Å². The Morgan fingerprint density at radius 1 is 1.12 bits per heavy atom. The minimum absolute atomic E-state index is 0.131. The van der Waals surface area contributed by atoms with Gasteiger partial charge in [-0.1, -0.05) is 20.8 Å². The largest absolute Gasteiger partial charge is 0.378 e. The Hall–Kier alpha value is -3.42. The number of fused-ring (bicyclic) bond motifs is 1. The van der Waals surface area contributed by atoms with E-state index < -0.39 is 0 Å². The molecule has 0 spiro atoms. The molecule has 0 saturated heterocycles. The van der Waals surface area contributed by atoms with Gasteiger partial charge in [0.15, 0.2) is 0 Å². The number of anilines is 2. The summed E-state index contributed by atoms with van der Waals surface area (Å²) in [6, 6.07) is 9.21. The van der Waals surface area contributed by atoms with Crippen LogP contribution in [0.4, 0.5) is 11.5 Å². The van der Waals surface area contributed by atoms with Gasteiger partial charge >= 0.3 is 0 Å². The molecule has 1 amide bonds. The molecule has 0 fully saturated rings. The van der Waals surface area contributed by atoms with Crippen LogP contribution in [-0.2, 0) is 18.3 Å². The molecule has 2 heterocycles.